The van der Waals surface area contributed by atoms with E-state index in [1.165, 1.54) is 10.0 Å². The van der Waals surface area contributed by atoms with Gasteiger partial charge in [-0.3, -0.25) is 9.59 Å². The Morgan fingerprint density at radius 3 is 1.63 bits per heavy atom. The zero-order chi connectivity index (χ0) is 18.9. The highest BCUT2D eigenvalue weighted by Crippen LogP contribution is 2.47. The summed E-state index contributed by atoms with van der Waals surface area (Å²) in [4.78, 5) is 27.0. The van der Waals surface area contributed by atoms with Gasteiger partial charge in [0.2, 0.25) is 0 Å². The SMILES string of the molecule is N#CC1(C2C(=O)N(c3ccccc3)N(c3ccccc3)C2=O)CCCCC1. The van der Waals surface area contributed by atoms with Gasteiger partial charge in [0.1, 0.15) is 5.92 Å². The van der Waals surface area contributed by atoms with Gasteiger partial charge in [0.05, 0.1) is 22.9 Å². The first kappa shape index (κ1) is 17.3. The lowest BCUT2D eigenvalue weighted by atomic mass is 9.66. The summed E-state index contributed by atoms with van der Waals surface area (Å²) < 4.78 is 0. The van der Waals surface area contributed by atoms with Crippen molar-refractivity contribution in [3.8, 4) is 6.07 Å². The fourth-order valence-corrected chi connectivity index (χ4v) is 4.29. The Morgan fingerprint density at radius 2 is 1.22 bits per heavy atom. The van der Waals surface area contributed by atoms with Crippen molar-refractivity contribution in [2.45, 2.75) is 32.1 Å². The summed E-state index contributed by atoms with van der Waals surface area (Å²) in [6.07, 6.45) is 3.99. The molecule has 0 unspecified atom stereocenters. The van der Waals surface area contributed by atoms with Crippen LogP contribution in [0, 0.1) is 22.7 Å². The van der Waals surface area contributed by atoms with Crippen LogP contribution in [-0.2, 0) is 9.59 Å². The highest BCUT2D eigenvalue weighted by atomic mass is 16.2. The number of carbonyl (C=O) groups is 2. The van der Waals surface area contributed by atoms with Crippen molar-refractivity contribution in [2.75, 3.05) is 10.0 Å². The number of hydrogen-bond donors (Lipinski definition) is 0. The van der Waals surface area contributed by atoms with Crippen LogP contribution in [0.1, 0.15) is 32.1 Å². The molecule has 1 saturated carbocycles. The summed E-state index contributed by atoms with van der Waals surface area (Å²) in [6, 6.07) is 20.7. The molecule has 0 bridgehead atoms. The standard InChI is InChI=1S/C22H21N3O2/c23-16-22(14-8-3-9-15-22)19-20(26)24(17-10-4-1-5-11-17)25(21(19)27)18-12-6-2-7-13-18/h1-2,4-7,10-13,19H,3,8-9,14-15H2. The number of carbonyl (C=O) groups excluding carboxylic acids is 2. The van der Waals surface area contributed by atoms with Crippen molar-refractivity contribution in [3.05, 3.63) is 60.7 Å². The average Bonchev–Trinajstić information content (AvgIpc) is 3.00. The maximum atomic E-state index is 13.5. The maximum Gasteiger partial charge on any atom is 0.260 e. The van der Waals surface area contributed by atoms with Gasteiger partial charge in [-0.05, 0) is 37.1 Å². The Morgan fingerprint density at radius 1 is 0.778 bits per heavy atom. The minimum Gasteiger partial charge on any atom is -0.272 e. The molecule has 5 heteroatoms. The molecule has 27 heavy (non-hydrogen) atoms. The second-order valence-corrected chi connectivity index (χ2v) is 7.23. The fourth-order valence-electron chi connectivity index (χ4n) is 4.29. The first-order valence-electron chi connectivity index (χ1n) is 9.37. The van der Waals surface area contributed by atoms with E-state index >= 15 is 0 Å². The number of nitriles is 1. The number of anilines is 2. The van der Waals surface area contributed by atoms with Crippen LogP contribution >= 0.6 is 0 Å². The van der Waals surface area contributed by atoms with Gasteiger partial charge in [0.25, 0.3) is 11.8 Å². The summed E-state index contributed by atoms with van der Waals surface area (Å²) in [7, 11) is 0. The van der Waals surface area contributed by atoms with Crippen LogP contribution in [0.5, 0.6) is 0 Å². The molecule has 2 aliphatic rings. The first-order chi connectivity index (χ1) is 13.2. The van der Waals surface area contributed by atoms with Crippen LogP contribution in [0.3, 0.4) is 0 Å². The molecule has 4 rings (SSSR count). The van der Waals surface area contributed by atoms with Crippen LogP contribution in [0.4, 0.5) is 11.4 Å². The predicted octanol–water partition coefficient (Wildman–Crippen LogP) is 4.07. The molecule has 0 radical (unpaired) electrons. The van der Waals surface area contributed by atoms with Crippen molar-refractivity contribution >= 4 is 23.2 Å². The van der Waals surface area contributed by atoms with E-state index in [1.54, 1.807) is 0 Å². The minimum absolute atomic E-state index is 0.307. The number of hydrazine groups is 1. The Kier molecular flexibility index (Phi) is 4.41. The molecule has 2 amide bonds. The van der Waals surface area contributed by atoms with E-state index in [-0.39, 0.29) is 11.8 Å². The zero-order valence-corrected chi connectivity index (χ0v) is 15.0. The van der Waals surface area contributed by atoms with Crippen LogP contribution < -0.4 is 10.0 Å². The summed E-state index contributed by atoms with van der Waals surface area (Å²) in [5, 5.41) is 12.8. The second kappa shape index (κ2) is 6.88. The normalized spacial score (nSPS) is 20.0. The number of benzene rings is 2. The van der Waals surface area contributed by atoms with Gasteiger partial charge in [0.15, 0.2) is 0 Å². The zero-order valence-electron chi connectivity index (χ0n) is 15.0. The summed E-state index contributed by atoms with van der Waals surface area (Å²) in [5.41, 5.74) is 0.348. The van der Waals surface area contributed by atoms with Crippen LogP contribution in [0.2, 0.25) is 0 Å². The van der Waals surface area contributed by atoms with Crippen molar-refractivity contribution in [2.24, 2.45) is 11.3 Å². The third-order valence-corrected chi connectivity index (χ3v) is 5.63. The summed E-state index contributed by atoms with van der Waals surface area (Å²) >= 11 is 0. The first-order valence-corrected chi connectivity index (χ1v) is 9.37. The van der Waals surface area contributed by atoms with Crippen LogP contribution in [-0.4, -0.2) is 11.8 Å². The lowest BCUT2D eigenvalue weighted by Gasteiger charge is -2.33. The van der Waals surface area contributed by atoms with Crippen molar-refractivity contribution in [1.29, 1.82) is 5.26 Å². The fraction of sp³-hybridized carbons (Fsp3) is 0.318. The number of hydrogen-bond acceptors (Lipinski definition) is 3. The van der Waals surface area contributed by atoms with Gasteiger partial charge in [-0.1, -0.05) is 55.7 Å². The highest BCUT2D eigenvalue weighted by Gasteiger charge is 2.57. The topological polar surface area (TPSA) is 64.4 Å². The lowest BCUT2D eigenvalue weighted by Crippen LogP contribution is -2.41. The number of nitrogens with zero attached hydrogens (tertiary/aromatic N) is 3. The molecule has 0 N–H and O–H groups in total. The Balaban J connectivity index is 1.83. The Labute approximate surface area is 158 Å². The third kappa shape index (κ3) is 2.78. The quantitative estimate of drug-likeness (QED) is 0.776. The molecule has 2 aromatic carbocycles. The molecule has 1 heterocycles. The molecule has 0 spiro atoms. The average molecular weight is 359 g/mol. The Bertz CT molecular complexity index is 825. The van der Waals surface area contributed by atoms with Crippen LogP contribution in [0.15, 0.2) is 60.7 Å². The van der Waals surface area contributed by atoms with Crippen molar-refractivity contribution < 1.29 is 9.59 Å². The molecule has 136 valence electrons. The lowest BCUT2D eigenvalue weighted by molar-refractivity contribution is -0.131. The van der Waals surface area contributed by atoms with Crippen LogP contribution in [0.25, 0.3) is 0 Å². The maximum absolute atomic E-state index is 13.5. The van der Waals surface area contributed by atoms with Crippen molar-refractivity contribution in [1.82, 2.24) is 0 Å². The molecule has 1 saturated heterocycles. The van der Waals surface area contributed by atoms with Crippen molar-refractivity contribution in [3.63, 3.8) is 0 Å². The summed E-state index contributed by atoms with van der Waals surface area (Å²) in [5.74, 6) is -1.57. The van der Waals surface area contributed by atoms with E-state index in [9.17, 15) is 14.9 Å². The molecule has 1 aliphatic carbocycles. The smallest absolute Gasteiger partial charge is 0.260 e. The van der Waals surface area contributed by atoms with E-state index in [1.807, 2.05) is 60.7 Å². The largest absolute Gasteiger partial charge is 0.272 e. The highest BCUT2D eigenvalue weighted by molar-refractivity contribution is 6.23. The summed E-state index contributed by atoms with van der Waals surface area (Å²) in [6.45, 7) is 0. The van der Waals surface area contributed by atoms with Gasteiger partial charge in [-0.15, -0.1) is 0 Å². The molecule has 2 aromatic rings. The van der Waals surface area contributed by atoms with E-state index in [4.69, 9.17) is 0 Å². The van der Waals surface area contributed by atoms with Gasteiger partial charge >= 0.3 is 0 Å². The van der Waals surface area contributed by atoms with E-state index in [0.29, 0.717) is 24.2 Å². The van der Waals surface area contributed by atoms with Gasteiger partial charge in [-0.2, -0.15) is 5.26 Å². The van der Waals surface area contributed by atoms with Gasteiger partial charge in [0, 0.05) is 0 Å². The molecule has 0 aromatic heterocycles. The monoisotopic (exact) mass is 359 g/mol. The minimum atomic E-state index is -0.955. The number of amides is 2. The molecular weight excluding hydrogens is 338 g/mol. The van der Waals surface area contributed by atoms with Gasteiger partial charge < -0.3 is 0 Å². The second-order valence-electron chi connectivity index (χ2n) is 7.23. The van der Waals surface area contributed by atoms with E-state index < -0.39 is 11.3 Å². The van der Waals surface area contributed by atoms with E-state index in [2.05, 4.69) is 6.07 Å². The third-order valence-electron chi connectivity index (χ3n) is 5.63. The molecule has 1 aliphatic heterocycles. The molecule has 2 fully saturated rings. The number of para-hydroxylation sites is 2. The predicted molar refractivity (Wildman–Crippen MR) is 102 cm³/mol. The number of rotatable bonds is 3. The molecular formula is C22H21N3O2. The van der Waals surface area contributed by atoms with E-state index in [0.717, 1.165) is 19.3 Å². The van der Waals surface area contributed by atoms with Gasteiger partial charge in [-0.25, -0.2) is 10.0 Å². The Hall–Kier alpha value is -3.13. The molecule has 5 nitrogen and oxygen atoms in total. The molecule has 0 atom stereocenters.